The zero-order valence-corrected chi connectivity index (χ0v) is 11.2. The molecule has 0 aromatic heterocycles. The van der Waals surface area contributed by atoms with Gasteiger partial charge in [0.15, 0.2) is 0 Å². The monoisotopic (exact) mass is 276 g/mol. The Labute approximate surface area is 106 Å². The first kappa shape index (κ1) is 15.7. The predicted molar refractivity (Wildman–Crippen MR) is 22.1 cm³/mol. The third-order valence-electron chi connectivity index (χ3n) is 0. The number of rotatable bonds is 0. The fraction of sp³-hybridized carbons (Fsp3) is 0. The summed E-state index contributed by atoms with van der Waals surface area (Å²) < 4.78 is 0. The number of carboxylic acid groups (broad SMARTS) is 2. The molecule has 0 bridgehead atoms. The van der Waals surface area contributed by atoms with E-state index in [-0.39, 0.29) is 87.3 Å². The molecule has 0 aromatic rings. The Morgan fingerprint density at radius 3 is 1.50 bits per heavy atom. The molecule has 0 amide bonds. The first-order chi connectivity index (χ1) is 1.73. The van der Waals surface area contributed by atoms with E-state index in [1.54, 1.807) is 0 Å². The second kappa shape index (κ2) is 9.93. The molecule has 0 aliphatic rings. The van der Waals surface area contributed by atoms with E-state index in [1.165, 1.54) is 0 Å². The Morgan fingerprint density at radius 2 is 1.50 bits per heavy atom. The summed E-state index contributed by atoms with van der Waals surface area (Å²) in [7, 11) is 0. The Balaban J connectivity index is -0.0000000150. The van der Waals surface area contributed by atoms with Crippen LogP contribution in [-0.4, -0.2) is 16.4 Å². The molecule has 0 saturated heterocycles. The van der Waals surface area contributed by atoms with Crippen LogP contribution >= 0.6 is 17.0 Å². The third-order valence-corrected chi connectivity index (χ3v) is 0. The summed E-state index contributed by atoms with van der Waals surface area (Å²) in [5.41, 5.74) is 0. The molecule has 0 aliphatic heterocycles. The summed E-state index contributed by atoms with van der Waals surface area (Å²) in [4.78, 5) is 8.56. The van der Waals surface area contributed by atoms with Gasteiger partial charge in [-0.2, -0.15) is 0 Å². The summed E-state index contributed by atoms with van der Waals surface area (Å²) in [6.45, 7) is 0. The van der Waals surface area contributed by atoms with Crippen molar-refractivity contribution in [3.05, 3.63) is 0 Å². The number of halogens is 1. The Hall–Kier alpha value is 1.80. The summed E-state index contributed by atoms with van der Waals surface area (Å²) >= 11 is 0. The van der Waals surface area contributed by atoms with E-state index < -0.39 is 6.16 Å². The van der Waals surface area contributed by atoms with Crippen molar-refractivity contribution in [3.63, 3.8) is 0 Å². The number of hydrogen-bond acceptors (Lipinski definition) is 1. The number of carbonyl (C=O) groups is 1. The molecular weight excluding hydrogens is 273 g/mol. The molecule has 0 aliphatic carbocycles. The number of hydrogen-bond donors (Lipinski definition) is 2. The van der Waals surface area contributed by atoms with Gasteiger partial charge in [0, 0.05) is 0 Å². The molecule has 3 nitrogen and oxygen atoms in total. The largest absolute Gasteiger partial charge is 1.00 e. The molecule has 6 heavy (non-hydrogen) atoms. The van der Waals surface area contributed by atoms with Gasteiger partial charge in [0.05, 0.1) is 0 Å². The molecule has 0 fully saturated rings. The van der Waals surface area contributed by atoms with Crippen molar-refractivity contribution in [2.45, 2.75) is 0 Å². The maximum atomic E-state index is 8.56. The molecule has 34 valence electrons. The summed E-state index contributed by atoms with van der Waals surface area (Å²) in [6.07, 6.45) is -1.83. The van der Waals surface area contributed by atoms with Crippen molar-refractivity contribution in [2.24, 2.45) is 0 Å². The van der Waals surface area contributed by atoms with E-state index in [2.05, 4.69) is 0 Å². The molecule has 0 rings (SSSR count). The van der Waals surface area contributed by atoms with E-state index in [4.69, 9.17) is 15.0 Å². The fourth-order valence-electron chi connectivity index (χ4n) is 0. The Bertz CT molecular complexity index is 37.9. The second-order valence-electron chi connectivity index (χ2n) is 0.283. The first-order valence-electron chi connectivity index (χ1n) is 0.651. The van der Waals surface area contributed by atoms with Gasteiger partial charge in [0.25, 0.3) is 0 Å². The van der Waals surface area contributed by atoms with Gasteiger partial charge in [0.2, 0.25) is 0 Å². The van der Waals surface area contributed by atoms with Crippen LogP contribution in [0.3, 0.4) is 0 Å². The van der Waals surface area contributed by atoms with E-state index >= 15 is 0 Å². The molecule has 0 spiro atoms. The van der Waals surface area contributed by atoms with Crippen LogP contribution in [-0.2, 0) is 0 Å². The van der Waals surface area contributed by atoms with Crippen LogP contribution < -0.4 is 68.9 Å². The van der Waals surface area contributed by atoms with Crippen LogP contribution in [0.4, 0.5) is 4.79 Å². The molecule has 5 heteroatoms. The summed E-state index contributed by atoms with van der Waals surface area (Å²) in [5, 5.41) is 13.9. The quantitative estimate of drug-likeness (QED) is 0.534. The Morgan fingerprint density at radius 1 is 1.50 bits per heavy atom. The molecule has 0 aromatic carbocycles. The summed E-state index contributed by atoms with van der Waals surface area (Å²) in [5.74, 6) is 0. The fourth-order valence-corrected chi connectivity index (χ4v) is 0. The van der Waals surface area contributed by atoms with Crippen LogP contribution in [0.2, 0.25) is 0 Å². The SMILES string of the molecule is Br.O=C(O)O.[Cs+].[H-]. The molecule has 2 N–H and O–H groups in total. The van der Waals surface area contributed by atoms with Crippen LogP contribution in [0.1, 0.15) is 1.43 Å². The smallest absolute Gasteiger partial charge is 1.00 e. The van der Waals surface area contributed by atoms with Crippen molar-refractivity contribution in [3.8, 4) is 0 Å². The molecule has 0 unspecified atom stereocenters. The molecule has 0 saturated carbocycles. The topological polar surface area (TPSA) is 57.5 Å². The molecule has 0 atom stereocenters. The van der Waals surface area contributed by atoms with Gasteiger partial charge in [-0.25, -0.2) is 4.79 Å². The summed E-state index contributed by atoms with van der Waals surface area (Å²) in [6, 6.07) is 0. The van der Waals surface area contributed by atoms with Gasteiger partial charge < -0.3 is 11.6 Å². The van der Waals surface area contributed by atoms with Crippen LogP contribution in [0.5, 0.6) is 0 Å². The molecular formula is CH4BrCsO3. The molecule has 0 heterocycles. The van der Waals surface area contributed by atoms with E-state index in [0.717, 1.165) is 0 Å². The van der Waals surface area contributed by atoms with Crippen molar-refractivity contribution in [1.82, 2.24) is 0 Å². The van der Waals surface area contributed by atoms with Gasteiger partial charge in [-0.1, -0.05) is 0 Å². The van der Waals surface area contributed by atoms with Gasteiger partial charge in [-0.3, -0.25) is 0 Å². The maximum absolute atomic E-state index is 8.56. The van der Waals surface area contributed by atoms with Gasteiger partial charge in [-0.15, -0.1) is 17.0 Å². The van der Waals surface area contributed by atoms with Crippen molar-refractivity contribution in [2.75, 3.05) is 0 Å². The molecule has 0 radical (unpaired) electrons. The van der Waals surface area contributed by atoms with Crippen LogP contribution in [0.25, 0.3) is 0 Å². The minimum absolute atomic E-state index is 0. The minimum atomic E-state index is -1.83. The van der Waals surface area contributed by atoms with Crippen molar-refractivity contribution < 1.29 is 85.3 Å². The standard InChI is InChI=1S/CH2O3.BrH.Cs.H/c2-1(3)4;;;/h(H2,2,3,4);1H;;/q;;+1;-1. The first-order valence-corrected chi connectivity index (χ1v) is 0.651. The predicted octanol–water partition coefficient (Wildman–Crippen LogP) is -2.08. The van der Waals surface area contributed by atoms with Gasteiger partial charge in [-0.05, 0) is 0 Å². The average molecular weight is 277 g/mol. The maximum Gasteiger partial charge on any atom is 1.00 e. The normalized spacial score (nSPS) is 4.00. The van der Waals surface area contributed by atoms with E-state index in [9.17, 15) is 0 Å². The third kappa shape index (κ3) is 41.2. The minimum Gasteiger partial charge on any atom is -1.00 e. The van der Waals surface area contributed by atoms with Gasteiger partial charge >= 0.3 is 75.0 Å². The Kier molecular flexibility index (Phi) is 25.9. The van der Waals surface area contributed by atoms with Crippen LogP contribution in [0.15, 0.2) is 0 Å². The zero-order valence-electron chi connectivity index (χ0n) is 4.21. The van der Waals surface area contributed by atoms with Crippen LogP contribution in [0, 0.1) is 0 Å². The zero-order chi connectivity index (χ0) is 3.58. The van der Waals surface area contributed by atoms with Crippen molar-refractivity contribution in [1.29, 1.82) is 0 Å². The van der Waals surface area contributed by atoms with E-state index in [0.29, 0.717) is 0 Å². The second-order valence-corrected chi connectivity index (χ2v) is 0.283. The average Bonchev–Trinajstić information content (AvgIpc) is 0.811. The van der Waals surface area contributed by atoms with Gasteiger partial charge in [0.1, 0.15) is 0 Å². The van der Waals surface area contributed by atoms with E-state index in [1.807, 2.05) is 0 Å². The van der Waals surface area contributed by atoms with Crippen molar-refractivity contribution >= 4 is 23.1 Å².